The summed E-state index contributed by atoms with van der Waals surface area (Å²) in [5, 5.41) is 3.71. The standard InChI is InChI=1S/C18H18BrN3O3S2/c1-10(11-4-6-12(19)7-5-11)20-15(23)9-25-17(24)14-8-13-16(26-14)21-18(27-13)22(2)3/h4-8,10H,9H2,1-3H3,(H,20,23). The summed E-state index contributed by atoms with van der Waals surface area (Å²) in [5.41, 5.74) is 0.971. The van der Waals surface area contributed by atoms with E-state index in [0.29, 0.717) is 4.88 Å². The highest BCUT2D eigenvalue weighted by Crippen LogP contribution is 2.34. The molecule has 3 rings (SSSR count). The highest BCUT2D eigenvalue weighted by molar-refractivity contribution is 9.10. The van der Waals surface area contributed by atoms with Crippen LogP contribution in [-0.2, 0) is 9.53 Å². The van der Waals surface area contributed by atoms with E-state index in [4.69, 9.17) is 4.74 Å². The summed E-state index contributed by atoms with van der Waals surface area (Å²) in [6.07, 6.45) is 0. The molecule has 9 heteroatoms. The van der Waals surface area contributed by atoms with E-state index in [9.17, 15) is 9.59 Å². The highest BCUT2D eigenvalue weighted by atomic mass is 79.9. The number of thiazole rings is 1. The van der Waals surface area contributed by atoms with Gasteiger partial charge < -0.3 is 15.0 Å². The van der Waals surface area contributed by atoms with E-state index in [1.807, 2.05) is 50.2 Å². The van der Waals surface area contributed by atoms with Crippen LogP contribution in [0.25, 0.3) is 9.53 Å². The van der Waals surface area contributed by atoms with Crippen LogP contribution in [0.2, 0.25) is 0 Å². The van der Waals surface area contributed by atoms with Crippen molar-refractivity contribution in [3.63, 3.8) is 0 Å². The Morgan fingerprint density at radius 1 is 1.26 bits per heavy atom. The zero-order chi connectivity index (χ0) is 19.6. The molecule has 0 spiro atoms. The number of esters is 1. The number of benzene rings is 1. The molecule has 1 amide bonds. The topological polar surface area (TPSA) is 71.5 Å². The van der Waals surface area contributed by atoms with Gasteiger partial charge in [-0.1, -0.05) is 39.4 Å². The molecule has 0 aliphatic heterocycles. The van der Waals surface area contributed by atoms with Crippen molar-refractivity contribution in [2.24, 2.45) is 0 Å². The predicted molar refractivity (Wildman–Crippen MR) is 113 cm³/mol. The van der Waals surface area contributed by atoms with Crippen molar-refractivity contribution in [2.45, 2.75) is 13.0 Å². The summed E-state index contributed by atoms with van der Waals surface area (Å²) < 4.78 is 7.05. The number of fused-ring (bicyclic) bond motifs is 1. The third-order valence-corrected chi connectivity index (χ3v) is 6.58. The summed E-state index contributed by atoms with van der Waals surface area (Å²) in [5.74, 6) is -0.854. The number of halogens is 1. The maximum absolute atomic E-state index is 12.2. The normalized spacial score (nSPS) is 12.0. The second kappa shape index (κ2) is 8.37. The molecule has 1 aromatic carbocycles. The number of aromatic nitrogens is 1. The first-order chi connectivity index (χ1) is 12.8. The number of ether oxygens (including phenoxy) is 1. The van der Waals surface area contributed by atoms with Crippen molar-refractivity contribution in [2.75, 3.05) is 25.6 Å². The quantitative estimate of drug-likeness (QED) is 0.549. The third-order valence-electron chi connectivity index (χ3n) is 3.74. The van der Waals surface area contributed by atoms with Crippen molar-refractivity contribution in [3.8, 4) is 0 Å². The van der Waals surface area contributed by atoms with E-state index >= 15 is 0 Å². The SMILES string of the molecule is CC(NC(=O)COC(=O)c1cc2sc(N(C)C)nc2s1)c1ccc(Br)cc1. The van der Waals surface area contributed by atoms with E-state index in [2.05, 4.69) is 26.2 Å². The number of rotatable bonds is 6. The average molecular weight is 468 g/mol. The zero-order valence-corrected chi connectivity index (χ0v) is 18.2. The molecule has 142 valence electrons. The maximum atomic E-state index is 12.2. The van der Waals surface area contributed by atoms with E-state index in [1.165, 1.54) is 22.7 Å². The van der Waals surface area contributed by atoms with Gasteiger partial charge in [0.25, 0.3) is 5.91 Å². The molecular weight excluding hydrogens is 450 g/mol. The van der Waals surface area contributed by atoms with E-state index < -0.39 is 5.97 Å². The van der Waals surface area contributed by atoms with Gasteiger partial charge >= 0.3 is 5.97 Å². The fraction of sp³-hybridized carbons (Fsp3) is 0.278. The molecule has 6 nitrogen and oxygen atoms in total. The first-order valence-electron chi connectivity index (χ1n) is 8.13. The number of hydrogen-bond acceptors (Lipinski definition) is 7. The number of carbonyl (C=O) groups excluding carboxylic acids is 2. The zero-order valence-electron chi connectivity index (χ0n) is 15.0. The monoisotopic (exact) mass is 467 g/mol. The summed E-state index contributed by atoms with van der Waals surface area (Å²) in [6, 6.07) is 9.26. The fourth-order valence-electron chi connectivity index (χ4n) is 2.34. The number of thiophene rings is 1. The molecule has 3 aromatic rings. The lowest BCUT2D eigenvalue weighted by atomic mass is 10.1. The van der Waals surface area contributed by atoms with Gasteiger partial charge in [-0.2, -0.15) is 0 Å². The summed E-state index contributed by atoms with van der Waals surface area (Å²) in [4.78, 5) is 31.9. The van der Waals surface area contributed by atoms with Crippen molar-refractivity contribution in [3.05, 3.63) is 45.2 Å². The Labute approximate surface area is 173 Å². The van der Waals surface area contributed by atoms with Crippen LogP contribution in [0.3, 0.4) is 0 Å². The van der Waals surface area contributed by atoms with Crippen LogP contribution in [0.5, 0.6) is 0 Å². The number of amides is 1. The lowest BCUT2D eigenvalue weighted by molar-refractivity contribution is -0.124. The van der Waals surface area contributed by atoms with E-state index in [-0.39, 0.29) is 18.6 Å². The van der Waals surface area contributed by atoms with Gasteiger partial charge in [-0.3, -0.25) is 4.79 Å². The van der Waals surface area contributed by atoms with Crippen LogP contribution >= 0.6 is 38.6 Å². The van der Waals surface area contributed by atoms with Crippen LogP contribution in [-0.4, -0.2) is 37.6 Å². The van der Waals surface area contributed by atoms with E-state index in [0.717, 1.165) is 24.7 Å². The van der Waals surface area contributed by atoms with Crippen molar-refractivity contribution >= 4 is 65.1 Å². The van der Waals surface area contributed by atoms with Gasteiger partial charge in [0, 0.05) is 18.6 Å². The van der Waals surface area contributed by atoms with Gasteiger partial charge in [-0.25, -0.2) is 9.78 Å². The van der Waals surface area contributed by atoms with Gasteiger partial charge in [-0.15, -0.1) is 11.3 Å². The lowest BCUT2D eigenvalue weighted by Gasteiger charge is -2.14. The van der Waals surface area contributed by atoms with Crippen molar-refractivity contribution in [1.29, 1.82) is 0 Å². The molecule has 2 heterocycles. The summed E-state index contributed by atoms with van der Waals surface area (Å²) in [6.45, 7) is 1.56. The second-order valence-electron chi connectivity index (χ2n) is 6.09. The van der Waals surface area contributed by atoms with Crippen LogP contribution in [0, 0.1) is 0 Å². The molecule has 0 aliphatic rings. The molecule has 1 atom stereocenters. The molecule has 0 saturated heterocycles. The Hall–Kier alpha value is -1.97. The van der Waals surface area contributed by atoms with Crippen molar-refractivity contribution in [1.82, 2.24) is 10.3 Å². The van der Waals surface area contributed by atoms with Crippen LogP contribution in [0.4, 0.5) is 5.13 Å². The predicted octanol–water partition coefficient (Wildman–Crippen LogP) is 4.22. The third kappa shape index (κ3) is 4.85. The first kappa shape index (κ1) is 19.8. The number of nitrogens with zero attached hydrogens (tertiary/aromatic N) is 2. The summed E-state index contributed by atoms with van der Waals surface area (Å²) >= 11 is 6.16. The summed E-state index contributed by atoms with van der Waals surface area (Å²) in [7, 11) is 3.84. The molecular formula is C18H18BrN3O3S2. The van der Waals surface area contributed by atoms with Gasteiger partial charge in [-0.05, 0) is 30.7 Å². The largest absolute Gasteiger partial charge is 0.451 e. The Bertz CT molecular complexity index is 935. The average Bonchev–Trinajstić information content (AvgIpc) is 3.19. The second-order valence-corrected chi connectivity index (χ2v) is 9.04. The Morgan fingerprint density at radius 3 is 2.59 bits per heavy atom. The van der Waals surface area contributed by atoms with Crippen LogP contribution < -0.4 is 10.2 Å². The molecule has 0 saturated carbocycles. The van der Waals surface area contributed by atoms with Gasteiger partial charge in [0.15, 0.2) is 11.7 Å². The smallest absolute Gasteiger partial charge is 0.348 e. The highest BCUT2D eigenvalue weighted by Gasteiger charge is 2.17. The minimum absolute atomic E-state index is 0.176. The first-order valence-corrected chi connectivity index (χ1v) is 10.6. The molecule has 0 aliphatic carbocycles. The van der Waals surface area contributed by atoms with Gasteiger partial charge in [0.2, 0.25) is 0 Å². The maximum Gasteiger partial charge on any atom is 0.348 e. The van der Waals surface area contributed by atoms with Crippen LogP contribution in [0.1, 0.15) is 28.2 Å². The van der Waals surface area contributed by atoms with E-state index in [1.54, 1.807) is 6.07 Å². The van der Waals surface area contributed by atoms with Crippen LogP contribution in [0.15, 0.2) is 34.8 Å². The number of anilines is 1. The lowest BCUT2D eigenvalue weighted by Crippen LogP contribution is -2.31. The number of nitrogens with one attached hydrogen (secondary N) is 1. The molecule has 2 aromatic heterocycles. The Morgan fingerprint density at radius 2 is 1.96 bits per heavy atom. The molecule has 0 radical (unpaired) electrons. The Kier molecular flexibility index (Phi) is 6.13. The van der Waals surface area contributed by atoms with Gasteiger partial charge in [0.05, 0.1) is 10.7 Å². The Balaban J connectivity index is 1.54. The molecule has 0 bridgehead atoms. The van der Waals surface area contributed by atoms with Crippen molar-refractivity contribution < 1.29 is 14.3 Å². The minimum atomic E-state index is -0.511. The number of carbonyl (C=O) groups is 2. The molecule has 27 heavy (non-hydrogen) atoms. The number of hydrogen-bond donors (Lipinski definition) is 1. The minimum Gasteiger partial charge on any atom is -0.451 e. The molecule has 0 fully saturated rings. The van der Waals surface area contributed by atoms with Gasteiger partial charge in [0.1, 0.15) is 9.71 Å². The molecule has 1 unspecified atom stereocenters. The molecule has 1 N–H and O–H groups in total. The fourth-order valence-corrected chi connectivity index (χ4v) is 4.63.